The maximum atomic E-state index is 11.0. The van der Waals surface area contributed by atoms with E-state index in [1.54, 1.807) is 0 Å². The predicted octanol–water partition coefficient (Wildman–Crippen LogP) is 3.23. The summed E-state index contributed by atoms with van der Waals surface area (Å²) >= 11 is 0. The van der Waals surface area contributed by atoms with Gasteiger partial charge < -0.3 is 5.11 Å². The molecular formula is C12H20O2. The second kappa shape index (κ2) is 4.16. The third-order valence-corrected chi connectivity index (χ3v) is 3.03. The van der Waals surface area contributed by atoms with Crippen LogP contribution in [0.1, 0.15) is 46.5 Å². The monoisotopic (exact) mass is 196 g/mol. The third kappa shape index (κ3) is 2.60. The molecule has 2 heteroatoms. The van der Waals surface area contributed by atoms with E-state index in [-0.39, 0.29) is 0 Å². The molecule has 0 amide bonds. The van der Waals surface area contributed by atoms with Crippen LogP contribution in [0.25, 0.3) is 0 Å². The van der Waals surface area contributed by atoms with Crippen molar-refractivity contribution < 1.29 is 9.90 Å². The number of carbonyl (C=O) groups is 1. The number of hydrogen-bond acceptors (Lipinski definition) is 1. The fraction of sp³-hybridized carbons (Fsp3) is 0.750. The lowest BCUT2D eigenvalue weighted by atomic mass is 9.75. The SMILES string of the molecule is CC(C)CC1=CCC(C)(C(=O)O)CC1. The number of carboxylic acid groups (broad SMARTS) is 1. The molecular weight excluding hydrogens is 176 g/mol. The normalized spacial score (nSPS) is 27.6. The van der Waals surface area contributed by atoms with E-state index in [0.717, 1.165) is 19.3 Å². The first kappa shape index (κ1) is 11.3. The molecule has 0 radical (unpaired) electrons. The molecule has 1 rings (SSSR count). The van der Waals surface area contributed by atoms with Crippen LogP contribution in [0.5, 0.6) is 0 Å². The predicted molar refractivity (Wildman–Crippen MR) is 57.1 cm³/mol. The zero-order valence-electron chi connectivity index (χ0n) is 9.34. The van der Waals surface area contributed by atoms with Crippen molar-refractivity contribution in [2.45, 2.75) is 46.5 Å². The van der Waals surface area contributed by atoms with Gasteiger partial charge in [0.1, 0.15) is 0 Å². The van der Waals surface area contributed by atoms with Crippen LogP contribution >= 0.6 is 0 Å². The highest BCUT2D eigenvalue weighted by atomic mass is 16.4. The number of allylic oxidation sites excluding steroid dienone is 2. The Labute approximate surface area is 86.0 Å². The van der Waals surface area contributed by atoms with Gasteiger partial charge in [-0.15, -0.1) is 0 Å². The van der Waals surface area contributed by atoms with E-state index in [4.69, 9.17) is 5.11 Å². The lowest BCUT2D eigenvalue weighted by Crippen LogP contribution is -2.29. The van der Waals surface area contributed by atoms with Crippen LogP contribution in [0.2, 0.25) is 0 Å². The second-order valence-corrected chi connectivity index (χ2v) is 5.03. The van der Waals surface area contributed by atoms with Crippen molar-refractivity contribution >= 4 is 5.97 Å². The first-order valence-electron chi connectivity index (χ1n) is 5.35. The summed E-state index contributed by atoms with van der Waals surface area (Å²) in [5, 5.41) is 9.04. The van der Waals surface area contributed by atoms with E-state index in [0.29, 0.717) is 12.3 Å². The molecule has 0 heterocycles. The van der Waals surface area contributed by atoms with Gasteiger partial charge in [-0.3, -0.25) is 4.79 Å². The van der Waals surface area contributed by atoms with Crippen molar-refractivity contribution in [2.75, 3.05) is 0 Å². The summed E-state index contributed by atoms with van der Waals surface area (Å²) in [5.41, 5.74) is 0.930. The molecule has 1 atom stereocenters. The molecule has 0 bridgehead atoms. The van der Waals surface area contributed by atoms with Crippen molar-refractivity contribution in [1.29, 1.82) is 0 Å². The molecule has 0 aromatic carbocycles. The average molecular weight is 196 g/mol. The van der Waals surface area contributed by atoms with E-state index in [9.17, 15) is 4.79 Å². The van der Waals surface area contributed by atoms with E-state index < -0.39 is 11.4 Å². The van der Waals surface area contributed by atoms with Crippen LogP contribution in [-0.2, 0) is 4.79 Å². The fourth-order valence-corrected chi connectivity index (χ4v) is 1.91. The van der Waals surface area contributed by atoms with Gasteiger partial charge in [0.05, 0.1) is 5.41 Å². The molecule has 1 unspecified atom stereocenters. The Bertz CT molecular complexity index is 253. The minimum atomic E-state index is -0.655. The summed E-state index contributed by atoms with van der Waals surface area (Å²) in [6.45, 7) is 6.25. The summed E-state index contributed by atoms with van der Waals surface area (Å²) in [4.78, 5) is 11.0. The van der Waals surface area contributed by atoms with Crippen LogP contribution in [0.15, 0.2) is 11.6 Å². The lowest BCUT2D eigenvalue weighted by molar-refractivity contribution is -0.148. The molecule has 0 aliphatic heterocycles. The highest BCUT2D eigenvalue weighted by molar-refractivity contribution is 5.74. The van der Waals surface area contributed by atoms with Crippen LogP contribution in [0.4, 0.5) is 0 Å². The number of carboxylic acids is 1. The highest BCUT2D eigenvalue weighted by Crippen LogP contribution is 2.36. The van der Waals surface area contributed by atoms with Gasteiger partial charge in [0.25, 0.3) is 0 Å². The van der Waals surface area contributed by atoms with Crippen LogP contribution in [0.3, 0.4) is 0 Å². The minimum Gasteiger partial charge on any atom is -0.481 e. The van der Waals surface area contributed by atoms with Gasteiger partial charge in [-0.2, -0.15) is 0 Å². The first-order valence-corrected chi connectivity index (χ1v) is 5.35. The molecule has 0 aromatic rings. The van der Waals surface area contributed by atoms with E-state index in [1.807, 2.05) is 6.92 Å². The quantitative estimate of drug-likeness (QED) is 0.703. The van der Waals surface area contributed by atoms with Crippen molar-refractivity contribution in [3.8, 4) is 0 Å². The Morgan fingerprint density at radius 2 is 2.29 bits per heavy atom. The van der Waals surface area contributed by atoms with Gasteiger partial charge in [0.15, 0.2) is 0 Å². The van der Waals surface area contributed by atoms with Crippen molar-refractivity contribution in [1.82, 2.24) is 0 Å². The van der Waals surface area contributed by atoms with E-state index in [2.05, 4.69) is 19.9 Å². The Hall–Kier alpha value is -0.790. The summed E-state index contributed by atoms with van der Waals surface area (Å²) < 4.78 is 0. The van der Waals surface area contributed by atoms with Crippen molar-refractivity contribution in [2.24, 2.45) is 11.3 Å². The van der Waals surface area contributed by atoms with Gasteiger partial charge in [0.2, 0.25) is 0 Å². The Balaban J connectivity index is 2.59. The van der Waals surface area contributed by atoms with Gasteiger partial charge in [-0.25, -0.2) is 0 Å². The van der Waals surface area contributed by atoms with Crippen LogP contribution in [0, 0.1) is 11.3 Å². The Morgan fingerprint density at radius 3 is 2.64 bits per heavy atom. The van der Waals surface area contributed by atoms with E-state index in [1.165, 1.54) is 5.57 Å². The van der Waals surface area contributed by atoms with Gasteiger partial charge in [-0.05, 0) is 38.5 Å². The van der Waals surface area contributed by atoms with Crippen LogP contribution in [-0.4, -0.2) is 11.1 Å². The second-order valence-electron chi connectivity index (χ2n) is 5.03. The molecule has 0 saturated carbocycles. The Morgan fingerprint density at radius 1 is 1.64 bits per heavy atom. The zero-order valence-corrected chi connectivity index (χ0v) is 9.34. The smallest absolute Gasteiger partial charge is 0.309 e. The molecule has 1 aliphatic carbocycles. The summed E-state index contributed by atoms with van der Waals surface area (Å²) in [6.07, 6.45) is 5.71. The highest BCUT2D eigenvalue weighted by Gasteiger charge is 2.34. The molecule has 1 aliphatic rings. The zero-order chi connectivity index (χ0) is 10.8. The van der Waals surface area contributed by atoms with Gasteiger partial charge in [-0.1, -0.05) is 25.5 Å². The molecule has 0 fully saturated rings. The standard InChI is InChI=1S/C12H20O2/c1-9(2)8-10-4-6-12(3,7-5-10)11(13)14/h4,9H,5-8H2,1-3H3,(H,13,14). The van der Waals surface area contributed by atoms with Gasteiger partial charge in [0, 0.05) is 0 Å². The first-order chi connectivity index (χ1) is 6.44. The molecule has 0 aromatic heterocycles. The molecule has 80 valence electrons. The lowest BCUT2D eigenvalue weighted by Gasteiger charge is -2.29. The molecule has 14 heavy (non-hydrogen) atoms. The fourth-order valence-electron chi connectivity index (χ4n) is 1.91. The molecule has 2 nitrogen and oxygen atoms in total. The topological polar surface area (TPSA) is 37.3 Å². The molecule has 0 saturated heterocycles. The number of hydrogen-bond donors (Lipinski definition) is 1. The maximum Gasteiger partial charge on any atom is 0.309 e. The van der Waals surface area contributed by atoms with Crippen LogP contribution < -0.4 is 0 Å². The largest absolute Gasteiger partial charge is 0.481 e. The summed E-state index contributed by atoms with van der Waals surface area (Å²) in [7, 11) is 0. The Kier molecular flexibility index (Phi) is 3.35. The summed E-state index contributed by atoms with van der Waals surface area (Å²) in [5.74, 6) is 0.0211. The molecule has 0 spiro atoms. The third-order valence-electron chi connectivity index (χ3n) is 3.03. The number of rotatable bonds is 3. The van der Waals surface area contributed by atoms with Crippen molar-refractivity contribution in [3.05, 3.63) is 11.6 Å². The average Bonchev–Trinajstić information content (AvgIpc) is 2.08. The number of aliphatic carboxylic acids is 1. The maximum absolute atomic E-state index is 11.0. The van der Waals surface area contributed by atoms with Crippen molar-refractivity contribution in [3.63, 3.8) is 0 Å². The molecule has 1 N–H and O–H groups in total. The summed E-state index contributed by atoms with van der Waals surface area (Å²) in [6, 6.07) is 0. The van der Waals surface area contributed by atoms with E-state index >= 15 is 0 Å². The van der Waals surface area contributed by atoms with Gasteiger partial charge >= 0.3 is 5.97 Å². The minimum absolute atomic E-state index is 0.513.